The van der Waals surface area contributed by atoms with Crippen molar-refractivity contribution in [1.82, 2.24) is 14.9 Å². The zero-order chi connectivity index (χ0) is 14.9. The predicted molar refractivity (Wildman–Crippen MR) is 79.6 cm³/mol. The van der Waals surface area contributed by atoms with Crippen LogP contribution in [0.3, 0.4) is 0 Å². The summed E-state index contributed by atoms with van der Waals surface area (Å²) >= 11 is 0. The van der Waals surface area contributed by atoms with Crippen molar-refractivity contribution in [2.75, 3.05) is 11.1 Å². The van der Waals surface area contributed by atoms with Crippen molar-refractivity contribution < 1.29 is 4.52 Å². The van der Waals surface area contributed by atoms with Gasteiger partial charge in [-0.25, -0.2) is 0 Å². The minimum Gasteiger partial charge on any atom is -0.394 e. The first kappa shape index (κ1) is 14.4. The summed E-state index contributed by atoms with van der Waals surface area (Å²) in [5.74, 6) is 1.68. The van der Waals surface area contributed by atoms with Gasteiger partial charge in [0.15, 0.2) is 0 Å². The minimum atomic E-state index is 0.0634. The van der Waals surface area contributed by atoms with E-state index in [1.54, 1.807) is 4.68 Å². The maximum atomic E-state index is 6.18. The molecule has 6 nitrogen and oxygen atoms in total. The number of hydrogen-bond acceptors (Lipinski definition) is 5. The molecule has 20 heavy (non-hydrogen) atoms. The molecule has 0 spiro atoms. The van der Waals surface area contributed by atoms with E-state index >= 15 is 0 Å². The van der Waals surface area contributed by atoms with Crippen molar-refractivity contribution in [1.29, 1.82) is 0 Å². The van der Waals surface area contributed by atoms with Crippen LogP contribution in [0.2, 0.25) is 0 Å². The standard InChI is InChI=1S/C14H23N5O/c1-6-7-11-13(15)14(19(5)17-11)16-8(2)12-9(3)18-20-10(12)4/h8,16H,6-7,15H2,1-5H3. The zero-order valence-corrected chi connectivity index (χ0v) is 12.8. The number of aryl methyl sites for hydroxylation is 4. The summed E-state index contributed by atoms with van der Waals surface area (Å²) in [6, 6.07) is 0.0634. The van der Waals surface area contributed by atoms with Crippen LogP contribution in [-0.2, 0) is 13.5 Å². The van der Waals surface area contributed by atoms with Gasteiger partial charge in [0.1, 0.15) is 11.6 Å². The SMILES string of the molecule is CCCc1nn(C)c(NC(C)c2c(C)noc2C)c1N. The molecule has 0 aliphatic heterocycles. The molecule has 2 aromatic rings. The van der Waals surface area contributed by atoms with Crippen LogP contribution in [0.1, 0.15) is 49.0 Å². The fourth-order valence-electron chi connectivity index (χ4n) is 2.57. The quantitative estimate of drug-likeness (QED) is 0.878. The third kappa shape index (κ3) is 2.50. The molecular formula is C14H23N5O. The van der Waals surface area contributed by atoms with E-state index in [0.717, 1.165) is 47.1 Å². The van der Waals surface area contributed by atoms with Crippen LogP contribution in [-0.4, -0.2) is 14.9 Å². The molecule has 0 aromatic carbocycles. The van der Waals surface area contributed by atoms with Crippen LogP contribution in [0.5, 0.6) is 0 Å². The van der Waals surface area contributed by atoms with E-state index in [9.17, 15) is 0 Å². The lowest BCUT2D eigenvalue weighted by Crippen LogP contribution is -2.12. The van der Waals surface area contributed by atoms with Gasteiger partial charge < -0.3 is 15.6 Å². The molecule has 0 saturated carbocycles. The monoisotopic (exact) mass is 277 g/mol. The lowest BCUT2D eigenvalue weighted by molar-refractivity contribution is 0.392. The van der Waals surface area contributed by atoms with Crippen molar-refractivity contribution in [3.8, 4) is 0 Å². The number of rotatable bonds is 5. The van der Waals surface area contributed by atoms with Crippen molar-refractivity contribution in [3.63, 3.8) is 0 Å². The molecule has 6 heteroatoms. The van der Waals surface area contributed by atoms with Crippen LogP contribution >= 0.6 is 0 Å². The Morgan fingerprint density at radius 3 is 2.65 bits per heavy atom. The maximum Gasteiger partial charge on any atom is 0.148 e. The zero-order valence-electron chi connectivity index (χ0n) is 12.8. The van der Waals surface area contributed by atoms with Gasteiger partial charge in [0.2, 0.25) is 0 Å². The second-order valence-electron chi connectivity index (χ2n) is 5.19. The number of nitrogens with one attached hydrogen (secondary N) is 1. The fraction of sp³-hybridized carbons (Fsp3) is 0.571. The summed E-state index contributed by atoms with van der Waals surface area (Å²) in [4.78, 5) is 0. The van der Waals surface area contributed by atoms with E-state index in [1.165, 1.54) is 0 Å². The molecule has 1 atom stereocenters. The lowest BCUT2D eigenvalue weighted by Gasteiger charge is -2.15. The largest absolute Gasteiger partial charge is 0.394 e. The van der Waals surface area contributed by atoms with Gasteiger partial charge in [0, 0.05) is 12.6 Å². The second kappa shape index (κ2) is 5.56. The van der Waals surface area contributed by atoms with Crippen LogP contribution in [0.15, 0.2) is 4.52 Å². The highest BCUT2D eigenvalue weighted by Crippen LogP contribution is 2.29. The van der Waals surface area contributed by atoms with Crippen LogP contribution in [0, 0.1) is 13.8 Å². The molecular weight excluding hydrogens is 254 g/mol. The van der Waals surface area contributed by atoms with Crippen molar-refractivity contribution in [2.45, 2.75) is 46.6 Å². The predicted octanol–water partition coefficient (Wildman–Crippen LogP) is 2.73. The van der Waals surface area contributed by atoms with Gasteiger partial charge >= 0.3 is 0 Å². The third-order valence-corrected chi connectivity index (χ3v) is 3.52. The smallest absolute Gasteiger partial charge is 0.148 e. The van der Waals surface area contributed by atoms with E-state index < -0.39 is 0 Å². The highest BCUT2D eigenvalue weighted by atomic mass is 16.5. The molecule has 0 saturated heterocycles. The molecule has 2 rings (SSSR count). The molecule has 2 heterocycles. The summed E-state index contributed by atoms with van der Waals surface area (Å²) in [6.07, 6.45) is 1.92. The molecule has 110 valence electrons. The number of aromatic nitrogens is 3. The number of nitrogens with two attached hydrogens (primary N) is 1. The first-order valence-corrected chi connectivity index (χ1v) is 6.96. The van der Waals surface area contributed by atoms with Crippen LogP contribution in [0.25, 0.3) is 0 Å². The topological polar surface area (TPSA) is 81.9 Å². The van der Waals surface area contributed by atoms with Crippen molar-refractivity contribution in [3.05, 3.63) is 22.7 Å². The summed E-state index contributed by atoms with van der Waals surface area (Å²) in [7, 11) is 1.90. The Morgan fingerprint density at radius 1 is 1.40 bits per heavy atom. The minimum absolute atomic E-state index is 0.0634. The average molecular weight is 277 g/mol. The lowest BCUT2D eigenvalue weighted by atomic mass is 10.1. The molecule has 0 fully saturated rings. The van der Waals surface area contributed by atoms with E-state index in [2.05, 4.69) is 29.4 Å². The molecule has 0 radical (unpaired) electrons. The van der Waals surface area contributed by atoms with E-state index in [4.69, 9.17) is 10.3 Å². The van der Waals surface area contributed by atoms with E-state index in [-0.39, 0.29) is 6.04 Å². The third-order valence-electron chi connectivity index (χ3n) is 3.52. The van der Waals surface area contributed by atoms with E-state index in [1.807, 2.05) is 20.9 Å². The maximum absolute atomic E-state index is 6.18. The fourth-order valence-corrected chi connectivity index (χ4v) is 2.57. The molecule has 1 unspecified atom stereocenters. The van der Waals surface area contributed by atoms with Gasteiger partial charge in [-0.3, -0.25) is 4.68 Å². The summed E-state index contributed by atoms with van der Waals surface area (Å²) < 4.78 is 7.02. The van der Waals surface area contributed by atoms with Crippen molar-refractivity contribution in [2.24, 2.45) is 7.05 Å². The Bertz CT molecular complexity index is 579. The Morgan fingerprint density at radius 2 is 2.10 bits per heavy atom. The molecule has 0 amide bonds. The molecule has 0 bridgehead atoms. The number of nitrogens with zero attached hydrogens (tertiary/aromatic N) is 3. The van der Waals surface area contributed by atoms with Gasteiger partial charge in [0.05, 0.1) is 23.1 Å². The van der Waals surface area contributed by atoms with Gasteiger partial charge in [-0.1, -0.05) is 18.5 Å². The second-order valence-corrected chi connectivity index (χ2v) is 5.19. The normalized spacial score (nSPS) is 12.7. The Labute approximate surface area is 119 Å². The Kier molecular flexibility index (Phi) is 4.01. The number of anilines is 2. The average Bonchev–Trinajstić information content (AvgIpc) is 2.85. The highest BCUT2D eigenvalue weighted by Gasteiger charge is 2.20. The van der Waals surface area contributed by atoms with E-state index in [0.29, 0.717) is 0 Å². The molecule has 0 aliphatic carbocycles. The Balaban J connectivity index is 2.26. The van der Waals surface area contributed by atoms with Gasteiger partial charge in [0.25, 0.3) is 0 Å². The first-order chi connectivity index (χ1) is 9.45. The number of hydrogen-bond donors (Lipinski definition) is 2. The van der Waals surface area contributed by atoms with Crippen molar-refractivity contribution >= 4 is 11.5 Å². The molecule has 3 N–H and O–H groups in total. The summed E-state index contributed by atoms with van der Waals surface area (Å²) in [5.41, 5.74) is 9.83. The Hall–Kier alpha value is -1.98. The highest BCUT2D eigenvalue weighted by molar-refractivity contribution is 5.65. The van der Waals surface area contributed by atoms with Crippen LogP contribution in [0.4, 0.5) is 11.5 Å². The molecule has 2 aromatic heterocycles. The summed E-state index contributed by atoms with van der Waals surface area (Å²) in [5, 5.41) is 11.9. The first-order valence-electron chi connectivity index (χ1n) is 6.96. The van der Waals surface area contributed by atoms with Gasteiger partial charge in [-0.05, 0) is 27.2 Å². The molecule has 0 aliphatic rings. The summed E-state index contributed by atoms with van der Waals surface area (Å²) in [6.45, 7) is 8.05. The van der Waals surface area contributed by atoms with Crippen LogP contribution < -0.4 is 11.1 Å². The van der Waals surface area contributed by atoms with Gasteiger partial charge in [-0.15, -0.1) is 0 Å². The number of nitrogen functional groups attached to an aromatic ring is 1. The van der Waals surface area contributed by atoms with Gasteiger partial charge in [-0.2, -0.15) is 5.10 Å².